The zero-order valence-corrected chi connectivity index (χ0v) is 17.0. The number of carbonyl (C=O) groups is 1. The molecule has 0 spiro atoms. The minimum atomic E-state index is -4.07. The van der Waals surface area contributed by atoms with Crippen molar-refractivity contribution in [2.45, 2.75) is 17.9 Å². The van der Waals surface area contributed by atoms with E-state index in [9.17, 15) is 17.6 Å². The Hall–Kier alpha value is -3.17. The van der Waals surface area contributed by atoms with Crippen LogP contribution in [0.1, 0.15) is 12.0 Å². The first kappa shape index (κ1) is 21.5. The predicted molar refractivity (Wildman–Crippen MR) is 109 cm³/mol. The highest BCUT2D eigenvalue weighted by atomic mass is 32.2. The molecule has 0 amide bonds. The van der Waals surface area contributed by atoms with Gasteiger partial charge in [0.15, 0.2) is 0 Å². The van der Waals surface area contributed by atoms with Crippen LogP contribution in [0.25, 0.3) is 11.3 Å². The second kappa shape index (κ2) is 9.10. The monoisotopic (exact) mass is 432 g/mol. The Morgan fingerprint density at radius 3 is 2.63 bits per heavy atom. The molecule has 0 bridgehead atoms. The SMILES string of the molecule is CNCc1cc(-c2ccccc2F)n(S(=O)(=O)c2cccc(OCCC(=O)O)c2)c1. The second-order valence-corrected chi connectivity index (χ2v) is 8.33. The lowest BCUT2D eigenvalue weighted by molar-refractivity contribution is -0.137. The van der Waals surface area contributed by atoms with Crippen molar-refractivity contribution in [3.8, 4) is 17.0 Å². The maximum absolute atomic E-state index is 14.4. The van der Waals surface area contributed by atoms with Crippen molar-refractivity contribution in [2.75, 3.05) is 13.7 Å². The van der Waals surface area contributed by atoms with Gasteiger partial charge >= 0.3 is 5.97 Å². The Morgan fingerprint density at radius 2 is 1.93 bits per heavy atom. The lowest BCUT2D eigenvalue weighted by atomic mass is 10.1. The van der Waals surface area contributed by atoms with Crippen LogP contribution in [0, 0.1) is 5.82 Å². The number of nitrogens with zero attached hydrogens (tertiary/aromatic N) is 1. The fourth-order valence-electron chi connectivity index (χ4n) is 2.96. The van der Waals surface area contributed by atoms with Crippen molar-refractivity contribution in [3.63, 3.8) is 0 Å². The first-order chi connectivity index (χ1) is 14.3. The van der Waals surface area contributed by atoms with E-state index in [4.69, 9.17) is 9.84 Å². The van der Waals surface area contributed by atoms with Gasteiger partial charge in [0, 0.05) is 24.4 Å². The number of carboxylic acid groups (broad SMARTS) is 1. The van der Waals surface area contributed by atoms with Gasteiger partial charge < -0.3 is 15.2 Å². The molecule has 2 aromatic carbocycles. The normalized spacial score (nSPS) is 11.4. The topological polar surface area (TPSA) is 97.6 Å². The number of ether oxygens (including phenoxy) is 1. The molecule has 0 atom stereocenters. The summed E-state index contributed by atoms with van der Waals surface area (Å²) in [5.41, 5.74) is 1.04. The van der Waals surface area contributed by atoms with Crippen molar-refractivity contribution in [1.82, 2.24) is 9.29 Å². The highest BCUT2D eigenvalue weighted by Crippen LogP contribution is 2.30. The number of aromatic nitrogens is 1. The Labute approximate surface area is 173 Å². The molecule has 1 heterocycles. The van der Waals surface area contributed by atoms with E-state index < -0.39 is 21.8 Å². The number of benzene rings is 2. The summed E-state index contributed by atoms with van der Waals surface area (Å²) >= 11 is 0. The summed E-state index contributed by atoms with van der Waals surface area (Å²) in [5, 5.41) is 11.7. The number of rotatable bonds is 9. The summed E-state index contributed by atoms with van der Waals surface area (Å²) in [7, 11) is -2.34. The van der Waals surface area contributed by atoms with Crippen LogP contribution >= 0.6 is 0 Å². The van der Waals surface area contributed by atoms with Crippen molar-refractivity contribution in [1.29, 1.82) is 0 Å². The summed E-state index contributed by atoms with van der Waals surface area (Å²) in [6.07, 6.45) is 1.24. The largest absolute Gasteiger partial charge is 0.493 e. The van der Waals surface area contributed by atoms with Gasteiger partial charge in [-0.05, 0) is 42.9 Å². The molecule has 0 radical (unpaired) electrons. The van der Waals surface area contributed by atoms with Gasteiger partial charge in [-0.1, -0.05) is 18.2 Å². The lowest BCUT2D eigenvalue weighted by Gasteiger charge is -2.12. The minimum Gasteiger partial charge on any atom is -0.493 e. The summed E-state index contributed by atoms with van der Waals surface area (Å²) in [6.45, 7) is 0.317. The molecule has 158 valence electrons. The van der Waals surface area contributed by atoms with E-state index in [1.54, 1.807) is 25.2 Å². The predicted octanol–water partition coefficient (Wildman–Crippen LogP) is 3.10. The maximum atomic E-state index is 14.4. The fraction of sp³-hybridized carbons (Fsp3) is 0.190. The van der Waals surface area contributed by atoms with Gasteiger partial charge in [0.05, 0.1) is 23.6 Å². The van der Waals surface area contributed by atoms with Crippen LogP contribution in [-0.4, -0.2) is 37.1 Å². The van der Waals surface area contributed by atoms with Crippen LogP contribution in [0.4, 0.5) is 4.39 Å². The van der Waals surface area contributed by atoms with Crippen LogP contribution in [-0.2, 0) is 21.4 Å². The molecule has 0 aliphatic heterocycles. The standard InChI is InChI=1S/C21H21FN2O5S/c1-23-13-15-11-20(18-7-2-3-8-19(18)22)24(14-15)30(27,28)17-6-4-5-16(12-17)29-10-9-21(25)26/h2-8,11-12,14,23H,9-10,13H2,1H3,(H,25,26). The zero-order valence-electron chi connectivity index (χ0n) is 16.2. The first-order valence-corrected chi connectivity index (χ1v) is 10.6. The number of carboxylic acids is 1. The zero-order chi connectivity index (χ0) is 21.7. The Bertz CT molecular complexity index is 1160. The molecular weight excluding hydrogens is 411 g/mol. The molecular formula is C21H21FN2O5S. The molecule has 0 saturated carbocycles. The molecule has 0 unspecified atom stereocenters. The quantitative estimate of drug-likeness (QED) is 0.539. The molecule has 3 aromatic rings. The van der Waals surface area contributed by atoms with Gasteiger partial charge in [-0.25, -0.2) is 16.8 Å². The van der Waals surface area contributed by atoms with Crippen molar-refractivity contribution in [3.05, 3.63) is 72.2 Å². The van der Waals surface area contributed by atoms with Crippen molar-refractivity contribution < 1.29 is 27.4 Å². The molecule has 3 rings (SSSR count). The van der Waals surface area contributed by atoms with Gasteiger partial charge in [-0.3, -0.25) is 4.79 Å². The summed E-state index contributed by atoms with van der Waals surface area (Å²) in [4.78, 5) is 10.6. The van der Waals surface area contributed by atoms with Crippen LogP contribution in [0.3, 0.4) is 0 Å². The van der Waals surface area contributed by atoms with Crippen LogP contribution in [0.5, 0.6) is 5.75 Å². The molecule has 0 saturated heterocycles. The first-order valence-electron chi connectivity index (χ1n) is 9.14. The third-order valence-electron chi connectivity index (χ3n) is 4.32. The molecule has 1 aromatic heterocycles. The van der Waals surface area contributed by atoms with Crippen LogP contribution in [0.2, 0.25) is 0 Å². The van der Waals surface area contributed by atoms with Crippen molar-refractivity contribution >= 4 is 16.0 Å². The minimum absolute atomic E-state index is 0.0560. The molecule has 30 heavy (non-hydrogen) atoms. The summed E-state index contributed by atoms with van der Waals surface area (Å²) < 4.78 is 47.5. The van der Waals surface area contributed by atoms with E-state index in [0.717, 1.165) is 3.97 Å². The number of hydrogen-bond donors (Lipinski definition) is 2. The number of halogens is 1. The average Bonchev–Trinajstić information content (AvgIpc) is 3.13. The average molecular weight is 432 g/mol. The molecule has 2 N–H and O–H groups in total. The second-order valence-electron chi connectivity index (χ2n) is 6.51. The van der Waals surface area contributed by atoms with Gasteiger partial charge in [0.25, 0.3) is 10.0 Å². The number of nitrogens with one attached hydrogen (secondary N) is 1. The van der Waals surface area contributed by atoms with E-state index in [1.807, 2.05) is 0 Å². The maximum Gasteiger partial charge on any atom is 0.306 e. The molecule has 0 aliphatic rings. The van der Waals surface area contributed by atoms with E-state index in [-0.39, 0.29) is 34.9 Å². The van der Waals surface area contributed by atoms with Crippen LogP contribution in [0.15, 0.2) is 65.7 Å². The van der Waals surface area contributed by atoms with Crippen LogP contribution < -0.4 is 10.1 Å². The third kappa shape index (κ3) is 4.69. The highest BCUT2D eigenvalue weighted by Gasteiger charge is 2.23. The Morgan fingerprint density at radius 1 is 1.17 bits per heavy atom. The number of hydrogen-bond acceptors (Lipinski definition) is 5. The van der Waals surface area contributed by atoms with E-state index in [1.165, 1.54) is 42.6 Å². The summed E-state index contributed by atoms with van der Waals surface area (Å²) in [6, 6.07) is 13.4. The molecule has 0 aliphatic carbocycles. The Kier molecular flexibility index (Phi) is 6.53. The van der Waals surface area contributed by atoms with Gasteiger partial charge in [0.2, 0.25) is 0 Å². The highest BCUT2D eigenvalue weighted by molar-refractivity contribution is 7.90. The molecule has 7 nitrogen and oxygen atoms in total. The van der Waals surface area contributed by atoms with E-state index in [2.05, 4.69) is 5.32 Å². The van der Waals surface area contributed by atoms with Gasteiger partial charge in [0.1, 0.15) is 11.6 Å². The van der Waals surface area contributed by atoms with Gasteiger partial charge in [-0.2, -0.15) is 0 Å². The number of aliphatic carboxylic acids is 1. The summed E-state index contributed by atoms with van der Waals surface area (Å²) in [5.74, 6) is -1.32. The Balaban J connectivity index is 2.04. The molecule has 9 heteroatoms. The van der Waals surface area contributed by atoms with Gasteiger partial charge in [-0.15, -0.1) is 0 Å². The lowest BCUT2D eigenvalue weighted by Crippen LogP contribution is -2.14. The van der Waals surface area contributed by atoms with Crippen molar-refractivity contribution in [2.24, 2.45) is 0 Å². The molecule has 0 fully saturated rings. The smallest absolute Gasteiger partial charge is 0.306 e. The van der Waals surface area contributed by atoms with E-state index in [0.29, 0.717) is 12.1 Å². The van der Waals surface area contributed by atoms with E-state index >= 15 is 0 Å². The fourth-order valence-corrected chi connectivity index (χ4v) is 4.38. The third-order valence-corrected chi connectivity index (χ3v) is 5.99.